The molecule has 1 amide bonds. The predicted molar refractivity (Wildman–Crippen MR) is 104 cm³/mol. The van der Waals surface area contributed by atoms with Crippen LogP contribution in [-0.2, 0) is 14.3 Å². The lowest BCUT2D eigenvalue weighted by Gasteiger charge is -2.41. The van der Waals surface area contributed by atoms with Gasteiger partial charge >= 0.3 is 12.1 Å². The molecule has 0 radical (unpaired) electrons. The van der Waals surface area contributed by atoms with Crippen molar-refractivity contribution < 1.29 is 19.1 Å². The Morgan fingerprint density at radius 2 is 1.89 bits per heavy atom. The van der Waals surface area contributed by atoms with Crippen LogP contribution in [0.3, 0.4) is 0 Å². The molecular weight excluding hydrogens is 360 g/mol. The topological polar surface area (TPSA) is 84.9 Å². The molecule has 154 valence electrons. The molecule has 3 rings (SSSR count). The lowest BCUT2D eigenvalue weighted by Crippen LogP contribution is -2.55. The van der Waals surface area contributed by atoms with Crippen LogP contribution in [0, 0.1) is 0 Å². The number of rotatable bonds is 2. The molecular formula is C20H30N4O4. The van der Waals surface area contributed by atoms with E-state index in [9.17, 15) is 9.59 Å². The molecule has 3 atom stereocenters. The number of fused-ring (bicyclic) bond motifs is 1. The molecule has 0 saturated carbocycles. The normalized spacial score (nSPS) is 24.7. The van der Waals surface area contributed by atoms with Gasteiger partial charge in [-0.25, -0.2) is 14.8 Å². The first-order valence-electron chi connectivity index (χ1n) is 9.83. The maximum atomic E-state index is 12.4. The van der Waals surface area contributed by atoms with Crippen molar-refractivity contribution >= 4 is 17.9 Å². The molecule has 0 spiro atoms. The summed E-state index contributed by atoms with van der Waals surface area (Å²) in [7, 11) is 0. The number of carbonyl (C=O) groups is 2. The smallest absolute Gasteiger partial charge is 0.410 e. The molecule has 1 aromatic heterocycles. The maximum absolute atomic E-state index is 12.4. The van der Waals surface area contributed by atoms with Crippen LogP contribution in [0.15, 0.2) is 6.33 Å². The van der Waals surface area contributed by atoms with Gasteiger partial charge in [-0.15, -0.1) is 0 Å². The van der Waals surface area contributed by atoms with Crippen molar-refractivity contribution in [2.45, 2.75) is 71.6 Å². The Hall–Kier alpha value is -2.38. The number of hydrogen-bond donors (Lipinski definition) is 0. The lowest BCUT2D eigenvalue weighted by molar-refractivity contribution is -0.146. The highest BCUT2D eigenvalue weighted by Crippen LogP contribution is 2.45. The van der Waals surface area contributed by atoms with Crippen LogP contribution in [0.2, 0.25) is 0 Å². The molecule has 2 heterocycles. The van der Waals surface area contributed by atoms with Gasteiger partial charge in [0, 0.05) is 38.2 Å². The van der Waals surface area contributed by atoms with Crippen molar-refractivity contribution in [3.63, 3.8) is 0 Å². The molecule has 8 heteroatoms. The summed E-state index contributed by atoms with van der Waals surface area (Å²) in [4.78, 5) is 36.8. The first-order valence-corrected chi connectivity index (χ1v) is 9.83. The number of ether oxygens (including phenoxy) is 2. The van der Waals surface area contributed by atoms with Gasteiger partial charge in [-0.1, -0.05) is 6.92 Å². The van der Waals surface area contributed by atoms with Crippen molar-refractivity contribution in [1.29, 1.82) is 0 Å². The second kappa shape index (κ2) is 7.56. The summed E-state index contributed by atoms with van der Waals surface area (Å²) in [6.07, 6.45) is 1.65. The first kappa shape index (κ1) is 20.4. The van der Waals surface area contributed by atoms with Gasteiger partial charge in [0.05, 0.1) is 5.69 Å². The summed E-state index contributed by atoms with van der Waals surface area (Å²) in [5, 5.41) is 0. The number of carbonyl (C=O) groups excluding carboxylic acids is 2. The summed E-state index contributed by atoms with van der Waals surface area (Å²) in [6, 6.07) is 0.0836. The Bertz CT molecular complexity index is 761. The summed E-state index contributed by atoms with van der Waals surface area (Å²) < 4.78 is 11.0. The summed E-state index contributed by atoms with van der Waals surface area (Å²) in [5.41, 5.74) is 1.34. The van der Waals surface area contributed by atoms with Crippen LogP contribution in [-0.4, -0.2) is 58.2 Å². The predicted octanol–water partition coefficient (Wildman–Crippen LogP) is 3.03. The van der Waals surface area contributed by atoms with Crippen molar-refractivity contribution in [2.24, 2.45) is 0 Å². The van der Waals surface area contributed by atoms with Gasteiger partial charge < -0.3 is 19.3 Å². The number of anilines is 1. The van der Waals surface area contributed by atoms with E-state index >= 15 is 0 Å². The quantitative estimate of drug-likeness (QED) is 0.718. The van der Waals surface area contributed by atoms with E-state index in [0.29, 0.717) is 26.1 Å². The van der Waals surface area contributed by atoms with Gasteiger partial charge in [0.2, 0.25) is 0 Å². The van der Waals surface area contributed by atoms with Crippen LogP contribution in [0.25, 0.3) is 0 Å². The largest absolute Gasteiger partial charge is 0.456 e. The summed E-state index contributed by atoms with van der Waals surface area (Å²) >= 11 is 0. The molecule has 1 aliphatic heterocycles. The number of esters is 1. The summed E-state index contributed by atoms with van der Waals surface area (Å²) in [5.74, 6) is 0.777. The number of amides is 1. The minimum Gasteiger partial charge on any atom is -0.456 e. The standard InChI is InChI=1S/C20H30N4O4/c1-12-9-15(27-14(3)25)17-16(12)18(22-11-21-17)24-8-7-23(10-13(24)2)19(26)28-20(4,5)6/h11-13,15H,7-10H2,1-6H3/t12-,13+,15+/m1/s1. The van der Waals surface area contributed by atoms with Gasteiger partial charge in [0.1, 0.15) is 23.9 Å². The third-order valence-electron chi connectivity index (χ3n) is 5.12. The van der Waals surface area contributed by atoms with E-state index in [0.717, 1.165) is 17.1 Å². The van der Waals surface area contributed by atoms with Gasteiger partial charge in [0.25, 0.3) is 0 Å². The number of piperazine rings is 1. The van der Waals surface area contributed by atoms with E-state index in [4.69, 9.17) is 9.47 Å². The van der Waals surface area contributed by atoms with Crippen LogP contribution in [0.1, 0.15) is 71.2 Å². The molecule has 28 heavy (non-hydrogen) atoms. The van der Waals surface area contributed by atoms with Gasteiger partial charge in [-0.2, -0.15) is 0 Å². The average molecular weight is 390 g/mol. The second-order valence-corrected chi connectivity index (χ2v) is 8.70. The molecule has 0 unspecified atom stereocenters. The van der Waals surface area contributed by atoms with Crippen molar-refractivity contribution in [1.82, 2.24) is 14.9 Å². The fourth-order valence-corrected chi connectivity index (χ4v) is 3.98. The average Bonchev–Trinajstić information content (AvgIpc) is 2.89. The molecule has 0 bridgehead atoms. The Kier molecular flexibility index (Phi) is 5.50. The Morgan fingerprint density at radius 1 is 1.18 bits per heavy atom. The Morgan fingerprint density at radius 3 is 2.50 bits per heavy atom. The monoisotopic (exact) mass is 390 g/mol. The van der Waals surface area contributed by atoms with Crippen LogP contribution in [0.4, 0.5) is 10.6 Å². The fraction of sp³-hybridized carbons (Fsp3) is 0.700. The SMILES string of the molecule is CC(=O)O[C@H]1C[C@@H](C)c2c1ncnc2N1CCN(C(=O)OC(C)(C)C)C[C@@H]1C. The summed E-state index contributed by atoms with van der Waals surface area (Å²) in [6.45, 7) is 13.0. The molecule has 0 aromatic carbocycles. The molecule has 1 aliphatic carbocycles. The van der Waals surface area contributed by atoms with E-state index in [1.54, 1.807) is 4.90 Å². The van der Waals surface area contributed by atoms with E-state index in [1.807, 2.05) is 20.8 Å². The molecule has 2 aliphatic rings. The third-order valence-corrected chi connectivity index (χ3v) is 5.12. The van der Waals surface area contributed by atoms with Crippen molar-refractivity contribution in [2.75, 3.05) is 24.5 Å². The number of nitrogens with zero attached hydrogens (tertiary/aromatic N) is 4. The zero-order valence-electron chi connectivity index (χ0n) is 17.6. The number of aromatic nitrogens is 2. The minimum absolute atomic E-state index is 0.0836. The van der Waals surface area contributed by atoms with Crippen molar-refractivity contribution in [3.8, 4) is 0 Å². The van der Waals surface area contributed by atoms with E-state index in [1.165, 1.54) is 13.3 Å². The van der Waals surface area contributed by atoms with E-state index in [-0.39, 0.29) is 30.1 Å². The van der Waals surface area contributed by atoms with Gasteiger partial charge in [0.15, 0.2) is 0 Å². The first-order chi connectivity index (χ1) is 13.1. The minimum atomic E-state index is -0.508. The second-order valence-electron chi connectivity index (χ2n) is 8.70. The van der Waals surface area contributed by atoms with Crippen LogP contribution >= 0.6 is 0 Å². The number of hydrogen-bond acceptors (Lipinski definition) is 7. The lowest BCUT2D eigenvalue weighted by atomic mass is 10.0. The molecule has 0 N–H and O–H groups in total. The van der Waals surface area contributed by atoms with Gasteiger partial charge in [-0.3, -0.25) is 4.79 Å². The molecule has 1 fully saturated rings. The van der Waals surface area contributed by atoms with E-state index in [2.05, 4.69) is 28.7 Å². The van der Waals surface area contributed by atoms with Crippen LogP contribution in [0.5, 0.6) is 0 Å². The highest BCUT2D eigenvalue weighted by molar-refractivity contribution is 5.69. The molecule has 1 aromatic rings. The van der Waals surface area contributed by atoms with Crippen molar-refractivity contribution in [3.05, 3.63) is 17.6 Å². The zero-order chi connectivity index (χ0) is 20.6. The highest BCUT2D eigenvalue weighted by Gasteiger charge is 2.38. The molecule has 8 nitrogen and oxygen atoms in total. The molecule has 1 saturated heterocycles. The maximum Gasteiger partial charge on any atom is 0.410 e. The highest BCUT2D eigenvalue weighted by atomic mass is 16.6. The van der Waals surface area contributed by atoms with Crippen LogP contribution < -0.4 is 4.90 Å². The fourth-order valence-electron chi connectivity index (χ4n) is 3.98. The Labute approximate surface area is 166 Å². The third kappa shape index (κ3) is 4.20. The van der Waals surface area contributed by atoms with Gasteiger partial charge in [-0.05, 0) is 40.0 Å². The zero-order valence-corrected chi connectivity index (χ0v) is 17.6. The van der Waals surface area contributed by atoms with E-state index < -0.39 is 5.60 Å². The Balaban J connectivity index is 1.78.